The summed E-state index contributed by atoms with van der Waals surface area (Å²) < 4.78 is 19.7. The monoisotopic (exact) mass is 484 g/mol. The number of fused-ring (bicyclic) bond motifs is 2. The van der Waals surface area contributed by atoms with Crippen LogP contribution in [0.4, 0.5) is 5.82 Å². The maximum absolute atomic E-state index is 9.84. The molecule has 2 aliphatic heterocycles. The molecule has 10 nitrogen and oxygen atoms in total. The molecule has 3 aromatic rings. The zero-order valence-electron chi connectivity index (χ0n) is 15.3. The number of nitrogens with one attached hydrogen (secondary N) is 2. The van der Waals surface area contributed by atoms with E-state index in [1.165, 1.54) is 0 Å². The van der Waals surface area contributed by atoms with Crippen LogP contribution in [0, 0.1) is 0 Å². The van der Waals surface area contributed by atoms with Gasteiger partial charge < -0.3 is 29.6 Å². The Labute approximate surface area is 178 Å². The van der Waals surface area contributed by atoms with Crippen molar-refractivity contribution in [2.75, 3.05) is 18.5 Å². The maximum atomic E-state index is 9.84. The van der Waals surface area contributed by atoms with E-state index in [0.717, 1.165) is 10.2 Å². The van der Waals surface area contributed by atoms with Crippen molar-refractivity contribution in [2.45, 2.75) is 31.0 Å². The highest BCUT2D eigenvalue weighted by atomic mass is 79.9. The molecule has 2 aliphatic rings. The molecule has 0 aliphatic carbocycles. The molecule has 5 rings (SSSR count). The van der Waals surface area contributed by atoms with Crippen LogP contribution in [-0.4, -0.2) is 67.5 Å². The quantitative estimate of drug-likeness (QED) is 0.499. The molecule has 0 unspecified atom stereocenters. The molecule has 2 saturated heterocycles. The van der Waals surface area contributed by atoms with E-state index in [-0.39, 0.29) is 24.9 Å². The van der Waals surface area contributed by atoms with Crippen molar-refractivity contribution in [1.29, 1.82) is 0 Å². The van der Waals surface area contributed by atoms with E-state index in [2.05, 4.69) is 41.3 Å². The van der Waals surface area contributed by atoms with Crippen LogP contribution in [0.3, 0.4) is 0 Å². The minimum Gasteiger partial charge on any atom is -0.456 e. The predicted octanol–water partition coefficient (Wildman–Crippen LogP) is 1.63. The van der Waals surface area contributed by atoms with Gasteiger partial charge in [-0.2, -0.15) is 10.1 Å². The van der Waals surface area contributed by atoms with E-state index < -0.39 is 6.10 Å². The van der Waals surface area contributed by atoms with Gasteiger partial charge in [-0.15, -0.1) is 0 Å². The van der Waals surface area contributed by atoms with Crippen LogP contribution < -0.4 is 10.1 Å². The molecule has 0 bridgehead atoms. The van der Waals surface area contributed by atoms with Gasteiger partial charge in [0.1, 0.15) is 24.1 Å². The Morgan fingerprint density at radius 1 is 1.38 bits per heavy atom. The predicted molar refractivity (Wildman–Crippen MR) is 107 cm³/mol. The average Bonchev–Trinajstić information content (AvgIpc) is 3.41. The number of aliphatic hydroxyl groups excluding tert-OH is 1. The molecular weight excluding hydrogens is 468 g/mol. The Morgan fingerprint density at radius 3 is 3.00 bits per heavy atom. The van der Waals surface area contributed by atoms with E-state index >= 15 is 0 Å². The van der Waals surface area contributed by atoms with Crippen LogP contribution in [-0.2, 0) is 23.1 Å². The largest absolute Gasteiger partial charge is 0.456 e. The third-order valence-corrected chi connectivity index (χ3v) is 5.88. The van der Waals surface area contributed by atoms with Crippen LogP contribution in [0.25, 0.3) is 11.2 Å². The molecule has 12 heteroatoms. The molecule has 5 heterocycles. The highest BCUT2D eigenvalue weighted by Crippen LogP contribution is 2.31. The first-order valence-corrected chi connectivity index (χ1v) is 10.2. The van der Waals surface area contributed by atoms with Gasteiger partial charge in [-0.3, -0.25) is 4.68 Å². The molecule has 2 fully saturated rings. The van der Waals surface area contributed by atoms with Crippen molar-refractivity contribution in [3.63, 3.8) is 0 Å². The number of aryl methyl sites for hydroxylation is 1. The second-order valence-electron chi connectivity index (χ2n) is 7.00. The number of aromatic nitrogens is 5. The zero-order chi connectivity index (χ0) is 20.1. The Bertz CT molecular complexity index is 1060. The number of ether oxygens (including phenoxy) is 3. The van der Waals surface area contributed by atoms with Gasteiger partial charge in [-0.05, 0) is 22.0 Å². The van der Waals surface area contributed by atoms with Crippen molar-refractivity contribution in [2.24, 2.45) is 7.05 Å². The van der Waals surface area contributed by atoms with Gasteiger partial charge in [0.05, 0.1) is 40.5 Å². The maximum Gasteiger partial charge on any atom is 0.296 e. The van der Waals surface area contributed by atoms with Gasteiger partial charge in [-0.1, -0.05) is 11.6 Å². The van der Waals surface area contributed by atoms with Crippen molar-refractivity contribution >= 4 is 44.5 Å². The van der Waals surface area contributed by atoms with E-state index in [1.54, 1.807) is 10.7 Å². The van der Waals surface area contributed by atoms with Gasteiger partial charge >= 0.3 is 0 Å². The molecule has 4 atom stereocenters. The van der Waals surface area contributed by atoms with Crippen LogP contribution in [0.5, 0.6) is 6.01 Å². The summed E-state index contributed by atoms with van der Waals surface area (Å²) in [6, 6.07) is 2.04. The number of pyridine rings is 1. The molecule has 0 spiro atoms. The number of rotatable bonds is 5. The number of anilines is 1. The molecule has 0 amide bonds. The molecule has 154 valence electrons. The summed E-state index contributed by atoms with van der Waals surface area (Å²) in [6.07, 6.45) is 0.212. The summed E-state index contributed by atoms with van der Waals surface area (Å²) in [6.45, 7) is 1.02. The number of nitrogens with zero attached hydrogens (tertiary/aromatic N) is 4. The Balaban J connectivity index is 1.32. The highest BCUT2D eigenvalue weighted by molar-refractivity contribution is 9.10. The zero-order valence-corrected chi connectivity index (χ0v) is 17.6. The van der Waals surface area contributed by atoms with Crippen molar-refractivity contribution in [3.8, 4) is 6.01 Å². The third kappa shape index (κ3) is 3.57. The SMILES string of the molecule is Cn1cc(Br)c(CNc2nc3nc(O[C@@H]4CO[C@H]5[C@@H]4OC[C@H]5O)[nH]c3cc2Cl)n1. The van der Waals surface area contributed by atoms with Crippen molar-refractivity contribution in [1.82, 2.24) is 24.7 Å². The van der Waals surface area contributed by atoms with Crippen molar-refractivity contribution in [3.05, 3.63) is 27.5 Å². The second kappa shape index (κ2) is 7.40. The summed E-state index contributed by atoms with van der Waals surface area (Å²) in [4.78, 5) is 11.9. The third-order valence-electron chi connectivity index (χ3n) is 4.93. The Kier molecular flexibility index (Phi) is 4.87. The number of aliphatic hydroxyl groups is 1. The summed E-state index contributed by atoms with van der Waals surface area (Å²) in [5.41, 5.74) is 1.96. The Hall–Kier alpha value is -1.92. The van der Waals surface area contributed by atoms with E-state index in [4.69, 9.17) is 25.8 Å². The topological polar surface area (TPSA) is 119 Å². The number of imidazole rings is 1. The van der Waals surface area contributed by atoms with Gasteiger partial charge in [0, 0.05) is 13.2 Å². The minimum absolute atomic E-state index is 0.244. The molecule has 3 aromatic heterocycles. The van der Waals surface area contributed by atoms with Gasteiger partial charge in [0.25, 0.3) is 6.01 Å². The first kappa shape index (κ1) is 19.1. The number of halogens is 2. The fraction of sp³-hybridized carbons (Fsp3) is 0.471. The summed E-state index contributed by atoms with van der Waals surface area (Å²) in [5.74, 6) is 0.501. The lowest BCUT2D eigenvalue weighted by atomic mass is 10.1. The van der Waals surface area contributed by atoms with Crippen LogP contribution in [0.1, 0.15) is 5.69 Å². The summed E-state index contributed by atoms with van der Waals surface area (Å²) >= 11 is 9.83. The molecule has 0 radical (unpaired) electrons. The standard InChI is InChI=1S/C17H18BrClN6O4/c1-25-4-7(18)10(24-25)3-20-15-8(19)2-9-16(22-15)23-17(21-9)29-12-6-28-13-11(26)5-27-14(12)13/h2,4,11-14,26H,3,5-6H2,1H3,(H2,20,21,22,23)/t11-,12-,13-,14-/m1/s1. The van der Waals surface area contributed by atoms with Gasteiger partial charge in [0.2, 0.25) is 0 Å². The lowest BCUT2D eigenvalue weighted by Gasteiger charge is -2.15. The molecular formula is C17H18BrClN6O4. The molecule has 0 aromatic carbocycles. The van der Waals surface area contributed by atoms with Crippen LogP contribution in [0.2, 0.25) is 5.02 Å². The van der Waals surface area contributed by atoms with E-state index in [0.29, 0.717) is 41.2 Å². The highest BCUT2D eigenvalue weighted by Gasteiger charge is 2.48. The van der Waals surface area contributed by atoms with E-state index in [1.807, 2.05) is 13.2 Å². The fourth-order valence-electron chi connectivity index (χ4n) is 3.56. The first-order chi connectivity index (χ1) is 14.0. The fourth-order valence-corrected chi connectivity index (χ4v) is 4.29. The normalized spacial score (nSPS) is 26.2. The van der Waals surface area contributed by atoms with Gasteiger partial charge in [0.15, 0.2) is 11.8 Å². The second-order valence-corrected chi connectivity index (χ2v) is 8.26. The average molecular weight is 486 g/mol. The summed E-state index contributed by atoms with van der Waals surface area (Å²) in [5, 5.41) is 17.8. The summed E-state index contributed by atoms with van der Waals surface area (Å²) in [7, 11) is 1.85. The Morgan fingerprint density at radius 2 is 2.21 bits per heavy atom. The molecule has 29 heavy (non-hydrogen) atoms. The number of aromatic amines is 1. The molecule has 3 N–H and O–H groups in total. The first-order valence-electron chi connectivity index (χ1n) is 9.04. The lowest BCUT2D eigenvalue weighted by molar-refractivity contribution is 0.00706. The van der Waals surface area contributed by atoms with Crippen LogP contribution >= 0.6 is 27.5 Å². The lowest BCUT2D eigenvalue weighted by Crippen LogP contribution is -2.34. The number of hydrogen-bond acceptors (Lipinski definition) is 8. The minimum atomic E-state index is -0.627. The van der Waals surface area contributed by atoms with Crippen molar-refractivity contribution < 1.29 is 19.3 Å². The molecule has 0 saturated carbocycles. The van der Waals surface area contributed by atoms with Crippen LogP contribution in [0.15, 0.2) is 16.7 Å². The smallest absolute Gasteiger partial charge is 0.296 e. The van der Waals surface area contributed by atoms with Gasteiger partial charge in [-0.25, -0.2) is 4.98 Å². The number of hydrogen-bond donors (Lipinski definition) is 3. The van der Waals surface area contributed by atoms with E-state index in [9.17, 15) is 5.11 Å². The number of H-pyrrole nitrogens is 1.